The molecule has 4 heteroatoms. The highest BCUT2D eigenvalue weighted by atomic mass is 79.9. The number of hydrogen-bond acceptors (Lipinski definition) is 2. The van der Waals surface area contributed by atoms with Crippen molar-refractivity contribution in [3.8, 4) is 5.75 Å². The number of nitrogens with two attached hydrogens (primary N) is 1. The van der Waals surface area contributed by atoms with Gasteiger partial charge in [0.05, 0.1) is 11.6 Å². The summed E-state index contributed by atoms with van der Waals surface area (Å²) in [4.78, 5) is 0. The van der Waals surface area contributed by atoms with Crippen LogP contribution in [0, 0.1) is 12.7 Å². The summed E-state index contributed by atoms with van der Waals surface area (Å²) in [7, 11) is 1.64. The van der Waals surface area contributed by atoms with Crippen molar-refractivity contribution in [3.63, 3.8) is 0 Å². The zero-order valence-electron chi connectivity index (χ0n) is 11.5. The minimum Gasteiger partial charge on any atom is -0.496 e. The summed E-state index contributed by atoms with van der Waals surface area (Å²) in [5.74, 6) is 0.507. The second-order valence-electron chi connectivity index (χ2n) is 4.77. The lowest BCUT2D eigenvalue weighted by molar-refractivity contribution is 0.408. The molecule has 1 atom stereocenters. The van der Waals surface area contributed by atoms with E-state index in [2.05, 4.69) is 15.9 Å². The molecule has 0 radical (unpaired) electrons. The smallest absolute Gasteiger partial charge is 0.137 e. The molecule has 0 saturated heterocycles. The highest BCUT2D eigenvalue weighted by Gasteiger charge is 2.15. The minimum atomic E-state index is -0.297. The highest BCUT2D eigenvalue weighted by molar-refractivity contribution is 9.10. The lowest BCUT2D eigenvalue weighted by Gasteiger charge is -2.16. The van der Waals surface area contributed by atoms with E-state index in [1.807, 2.05) is 31.2 Å². The Kier molecular flexibility index (Phi) is 4.78. The highest BCUT2D eigenvalue weighted by Crippen LogP contribution is 2.29. The molecule has 0 aliphatic carbocycles. The van der Waals surface area contributed by atoms with Gasteiger partial charge in [-0.1, -0.05) is 29.8 Å². The molecule has 0 heterocycles. The van der Waals surface area contributed by atoms with Crippen LogP contribution in [0.4, 0.5) is 4.39 Å². The van der Waals surface area contributed by atoms with Crippen LogP contribution in [-0.2, 0) is 6.42 Å². The van der Waals surface area contributed by atoms with Crippen molar-refractivity contribution in [1.82, 2.24) is 0 Å². The summed E-state index contributed by atoms with van der Waals surface area (Å²) in [6.07, 6.45) is 0.590. The van der Waals surface area contributed by atoms with Gasteiger partial charge < -0.3 is 10.5 Å². The average molecular weight is 338 g/mol. The van der Waals surface area contributed by atoms with E-state index in [1.54, 1.807) is 13.2 Å². The van der Waals surface area contributed by atoms with Crippen molar-refractivity contribution < 1.29 is 9.13 Å². The average Bonchev–Trinajstić information content (AvgIpc) is 2.42. The Hall–Kier alpha value is -1.39. The maximum absolute atomic E-state index is 13.6. The summed E-state index contributed by atoms with van der Waals surface area (Å²) in [6, 6.07) is 10.6. The molecule has 1 unspecified atom stereocenters. The first-order chi connectivity index (χ1) is 9.52. The molecule has 0 amide bonds. The zero-order valence-corrected chi connectivity index (χ0v) is 13.1. The number of halogens is 2. The molecule has 0 saturated carbocycles. The summed E-state index contributed by atoms with van der Waals surface area (Å²) in [6.45, 7) is 2.02. The van der Waals surface area contributed by atoms with Crippen molar-refractivity contribution >= 4 is 15.9 Å². The molecule has 0 aliphatic rings. The molecule has 0 aromatic heterocycles. The van der Waals surface area contributed by atoms with Crippen LogP contribution in [0.1, 0.15) is 22.7 Å². The Bertz CT molecular complexity index is 615. The van der Waals surface area contributed by atoms with Crippen LogP contribution in [-0.4, -0.2) is 7.11 Å². The van der Waals surface area contributed by atoms with Gasteiger partial charge in [0, 0.05) is 6.04 Å². The van der Waals surface area contributed by atoms with Crippen LogP contribution in [0.15, 0.2) is 40.9 Å². The third-order valence-electron chi connectivity index (χ3n) is 3.26. The van der Waals surface area contributed by atoms with E-state index in [1.165, 1.54) is 6.07 Å². The SMILES string of the molecule is COc1ccc(C)cc1CC(N)c1cccc(F)c1Br. The molecule has 2 nitrogen and oxygen atoms in total. The van der Waals surface area contributed by atoms with Gasteiger partial charge in [-0.15, -0.1) is 0 Å². The van der Waals surface area contributed by atoms with Crippen molar-refractivity contribution in [1.29, 1.82) is 0 Å². The Labute approximate surface area is 126 Å². The summed E-state index contributed by atoms with van der Waals surface area (Å²) >= 11 is 3.26. The zero-order chi connectivity index (χ0) is 14.7. The van der Waals surface area contributed by atoms with Gasteiger partial charge in [0.1, 0.15) is 11.6 Å². The van der Waals surface area contributed by atoms with Crippen molar-refractivity contribution in [3.05, 3.63) is 63.4 Å². The molecule has 2 rings (SSSR count). The van der Waals surface area contributed by atoms with E-state index in [4.69, 9.17) is 10.5 Å². The largest absolute Gasteiger partial charge is 0.496 e. The number of hydrogen-bond donors (Lipinski definition) is 1. The Morgan fingerprint density at radius 3 is 2.75 bits per heavy atom. The fourth-order valence-electron chi connectivity index (χ4n) is 2.22. The van der Waals surface area contributed by atoms with Crippen LogP contribution in [0.3, 0.4) is 0 Å². The van der Waals surface area contributed by atoms with Gasteiger partial charge in [-0.3, -0.25) is 0 Å². The van der Waals surface area contributed by atoms with Crippen LogP contribution < -0.4 is 10.5 Å². The first-order valence-electron chi connectivity index (χ1n) is 6.36. The van der Waals surface area contributed by atoms with E-state index in [-0.39, 0.29) is 11.9 Å². The number of ether oxygens (including phenoxy) is 1. The molecule has 2 aromatic carbocycles. The molecular formula is C16H17BrFNO. The van der Waals surface area contributed by atoms with Gasteiger partial charge in [-0.2, -0.15) is 0 Å². The molecular weight excluding hydrogens is 321 g/mol. The summed E-state index contributed by atoms with van der Waals surface area (Å²) in [5.41, 5.74) is 9.15. The Morgan fingerprint density at radius 2 is 2.05 bits per heavy atom. The van der Waals surface area contributed by atoms with Crippen LogP contribution in [0.25, 0.3) is 0 Å². The monoisotopic (exact) mass is 337 g/mol. The predicted octanol–water partition coefficient (Wildman–Crippen LogP) is 4.15. The van der Waals surface area contributed by atoms with E-state index < -0.39 is 0 Å². The first kappa shape index (κ1) is 15.0. The van der Waals surface area contributed by atoms with E-state index in [9.17, 15) is 4.39 Å². The fourth-order valence-corrected chi connectivity index (χ4v) is 2.78. The Morgan fingerprint density at radius 1 is 1.30 bits per heavy atom. The molecule has 0 aliphatic heterocycles. The van der Waals surface area contributed by atoms with E-state index in [0.717, 1.165) is 22.4 Å². The first-order valence-corrected chi connectivity index (χ1v) is 7.15. The van der Waals surface area contributed by atoms with Gasteiger partial charge in [0.2, 0.25) is 0 Å². The van der Waals surface area contributed by atoms with Gasteiger partial charge in [-0.05, 0) is 52.5 Å². The predicted molar refractivity (Wildman–Crippen MR) is 82.5 cm³/mol. The van der Waals surface area contributed by atoms with Crippen molar-refractivity contribution in [2.75, 3.05) is 7.11 Å². The van der Waals surface area contributed by atoms with E-state index >= 15 is 0 Å². The normalized spacial score (nSPS) is 12.2. The summed E-state index contributed by atoms with van der Waals surface area (Å²) < 4.78 is 19.3. The number of methoxy groups -OCH3 is 1. The topological polar surface area (TPSA) is 35.2 Å². The number of rotatable bonds is 4. The van der Waals surface area contributed by atoms with Crippen LogP contribution in [0.2, 0.25) is 0 Å². The Balaban J connectivity index is 2.30. The molecule has 0 spiro atoms. The third kappa shape index (κ3) is 3.19. The maximum Gasteiger partial charge on any atom is 0.137 e. The van der Waals surface area contributed by atoms with Crippen molar-refractivity contribution in [2.24, 2.45) is 5.73 Å². The molecule has 0 bridgehead atoms. The minimum absolute atomic E-state index is 0.296. The molecule has 20 heavy (non-hydrogen) atoms. The van der Waals surface area contributed by atoms with Gasteiger partial charge in [0.25, 0.3) is 0 Å². The molecule has 106 valence electrons. The van der Waals surface area contributed by atoms with Gasteiger partial charge >= 0.3 is 0 Å². The second-order valence-corrected chi connectivity index (χ2v) is 5.56. The quantitative estimate of drug-likeness (QED) is 0.909. The van der Waals surface area contributed by atoms with Crippen LogP contribution >= 0.6 is 15.9 Å². The molecule has 2 N–H and O–H groups in total. The second kappa shape index (κ2) is 6.37. The van der Waals surface area contributed by atoms with Crippen molar-refractivity contribution in [2.45, 2.75) is 19.4 Å². The maximum atomic E-state index is 13.6. The van der Waals surface area contributed by atoms with Gasteiger partial charge in [-0.25, -0.2) is 4.39 Å². The number of aryl methyl sites for hydroxylation is 1. The standard InChI is InChI=1S/C16H17BrFNO/c1-10-6-7-15(20-2)11(8-10)9-14(19)12-4-3-5-13(18)16(12)17/h3-8,14H,9,19H2,1-2H3. The molecule has 2 aromatic rings. The fraction of sp³-hybridized carbons (Fsp3) is 0.250. The molecule has 0 fully saturated rings. The summed E-state index contributed by atoms with van der Waals surface area (Å²) in [5, 5.41) is 0. The number of benzene rings is 2. The van der Waals surface area contributed by atoms with Gasteiger partial charge in [0.15, 0.2) is 0 Å². The van der Waals surface area contributed by atoms with Crippen LogP contribution in [0.5, 0.6) is 5.75 Å². The van der Waals surface area contributed by atoms with E-state index in [0.29, 0.717) is 10.9 Å². The lowest BCUT2D eigenvalue weighted by atomic mass is 9.98. The third-order valence-corrected chi connectivity index (χ3v) is 4.09. The lowest BCUT2D eigenvalue weighted by Crippen LogP contribution is -2.15.